The normalized spacial score (nSPS) is 14.1. The first-order valence-corrected chi connectivity index (χ1v) is 5.61. The van der Waals surface area contributed by atoms with E-state index < -0.39 is 0 Å². The minimum absolute atomic E-state index is 0.0432. The van der Waals surface area contributed by atoms with Gasteiger partial charge in [0.25, 0.3) is 11.8 Å². The molecular formula is C12H10N4O3. The van der Waals surface area contributed by atoms with E-state index in [1.165, 1.54) is 6.07 Å². The monoisotopic (exact) mass is 258 g/mol. The first-order chi connectivity index (χ1) is 9.08. The summed E-state index contributed by atoms with van der Waals surface area (Å²) in [5.74, 6) is -0.739. The van der Waals surface area contributed by atoms with Crippen LogP contribution in [0.25, 0.3) is 0 Å². The number of nitrogen functional groups attached to an aromatic ring is 1. The van der Waals surface area contributed by atoms with E-state index in [1.807, 2.05) is 0 Å². The number of amides is 2. The van der Waals surface area contributed by atoms with Gasteiger partial charge in [0, 0.05) is 5.69 Å². The molecule has 7 nitrogen and oxygen atoms in total. The summed E-state index contributed by atoms with van der Waals surface area (Å²) in [5, 5.41) is 7.29. The Morgan fingerprint density at radius 3 is 2.63 bits per heavy atom. The van der Waals surface area contributed by atoms with Gasteiger partial charge in [0.1, 0.15) is 11.4 Å². The Hall–Kier alpha value is -2.70. The van der Waals surface area contributed by atoms with Crippen LogP contribution >= 0.6 is 0 Å². The van der Waals surface area contributed by atoms with Gasteiger partial charge in [-0.2, -0.15) is 0 Å². The number of hydrogen-bond donors (Lipinski definition) is 1. The molecule has 0 spiro atoms. The average molecular weight is 258 g/mol. The third kappa shape index (κ3) is 1.67. The molecular weight excluding hydrogens is 248 g/mol. The molecule has 1 aliphatic heterocycles. The maximum atomic E-state index is 12.2. The Bertz CT molecular complexity index is 692. The molecule has 2 N–H and O–H groups in total. The lowest BCUT2D eigenvalue weighted by Crippen LogP contribution is -2.29. The summed E-state index contributed by atoms with van der Waals surface area (Å²) in [5.41, 5.74) is 7.76. The van der Waals surface area contributed by atoms with E-state index in [4.69, 9.17) is 5.73 Å². The second-order valence-corrected chi connectivity index (χ2v) is 4.30. The summed E-state index contributed by atoms with van der Waals surface area (Å²) < 4.78 is 4.55. The second-order valence-electron chi connectivity index (χ2n) is 4.30. The fraction of sp³-hybridized carbons (Fsp3) is 0.167. The van der Waals surface area contributed by atoms with Crippen LogP contribution in [0.3, 0.4) is 0 Å². The molecule has 2 amide bonds. The Balaban J connectivity index is 1.97. The number of hydrogen-bond acceptors (Lipinski definition) is 6. The molecule has 0 aliphatic carbocycles. The molecule has 0 radical (unpaired) electrons. The van der Waals surface area contributed by atoms with Crippen LogP contribution in [0.15, 0.2) is 22.8 Å². The van der Waals surface area contributed by atoms with Gasteiger partial charge in [0.2, 0.25) is 0 Å². The minimum atomic E-state index is -0.380. The van der Waals surface area contributed by atoms with Crippen LogP contribution < -0.4 is 5.73 Å². The molecule has 2 heterocycles. The van der Waals surface area contributed by atoms with E-state index in [0.29, 0.717) is 28.2 Å². The number of carbonyl (C=O) groups excluding carboxylic acids is 2. The molecule has 96 valence electrons. The van der Waals surface area contributed by atoms with Crippen molar-refractivity contribution in [1.29, 1.82) is 0 Å². The number of anilines is 1. The van der Waals surface area contributed by atoms with Crippen molar-refractivity contribution >= 4 is 17.5 Å². The first-order valence-electron chi connectivity index (χ1n) is 5.61. The summed E-state index contributed by atoms with van der Waals surface area (Å²) in [6, 6.07) is 4.65. The standard InChI is InChI=1S/C12H10N4O3/c1-6-10(15-19-14-6)5-16-11(17)8-3-2-7(13)4-9(8)12(16)18/h2-4H,5,13H2,1H3. The Labute approximate surface area is 108 Å². The van der Waals surface area contributed by atoms with Crippen molar-refractivity contribution in [3.05, 3.63) is 40.7 Å². The fourth-order valence-electron chi connectivity index (χ4n) is 1.99. The van der Waals surface area contributed by atoms with E-state index in [9.17, 15) is 9.59 Å². The van der Waals surface area contributed by atoms with Gasteiger partial charge in [-0.1, -0.05) is 10.3 Å². The molecule has 1 aliphatic rings. The number of rotatable bonds is 2. The van der Waals surface area contributed by atoms with Gasteiger partial charge in [-0.15, -0.1) is 0 Å². The zero-order valence-corrected chi connectivity index (χ0v) is 10.1. The number of fused-ring (bicyclic) bond motifs is 1. The van der Waals surface area contributed by atoms with Crippen LogP contribution in [0.1, 0.15) is 32.1 Å². The second kappa shape index (κ2) is 3.91. The lowest BCUT2D eigenvalue weighted by Gasteiger charge is -2.11. The Morgan fingerprint density at radius 2 is 1.95 bits per heavy atom. The summed E-state index contributed by atoms with van der Waals surface area (Å²) in [7, 11) is 0. The largest absolute Gasteiger partial charge is 0.399 e. The smallest absolute Gasteiger partial charge is 0.261 e. The van der Waals surface area contributed by atoms with Crippen molar-refractivity contribution in [3.63, 3.8) is 0 Å². The molecule has 0 unspecified atom stereocenters. The van der Waals surface area contributed by atoms with Gasteiger partial charge in [-0.3, -0.25) is 14.5 Å². The minimum Gasteiger partial charge on any atom is -0.399 e. The van der Waals surface area contributed by atoms with Gasteiger partial charge in [0.05, 0.1) is 17.7 Å². The molecule has 0 saturated heterocycles. The third-order valence-corrected chi connectivity index (χ3v) is 3.05. The first kappa shape index (κ1) is 11.4. The van der Waals surface area contributed by atoms with Crippen LogP contribution in [-0.2, 0) is 6.54 Å². The molecule has 2 aromatic rings. The highest BCUT2D eigenvalue weighted by Crippen LogP contribution is 2.26. The van der Waals surface area contributed by atoms with E-state index in [2.05, 4.69) is 14.9 Å². The quantitative estimate of drug-likeness (QED) is 0.630. The lowest BCUT2D eigenvalue weighted by atomic mass is 10.1. The van der Waals surface area contributed by atoms with Crippen molar-refractivity contribution in [2.24, 2.45) is 0 Å². The van der Waals surface area contributed by atoms with E-state index in [-0.39, 0.29) is 18.4 Å². The Kier molecular flexibility index (Phi) is 2.34. The zero-order chi connectivity index (χ0) is 13.6. The van der Waals surface area contributed by atoms with Crippen LogP contribution in [0.2, 0.25) is 0 Å². The number of benzene rings is 1. The average Bonchev–Trinajstić information content (AvgIpc) is 2.88. The Morgan fingerprint density at radius 1 is 1.21 bits per heavy atom. The van der Waals surface area contributed by atoms with Gasteiger partial charge in [-0.05, 0) is 25.1 Å². The predicted octanol–water partition coefficient (Wildman–Crippen LogP) is 0.756. The number of carbonyl (C=O) groups is 2. The van der Waals surface area contributed by atoms with Crippen LogP contribution in [0.5, 0.6) is 0 Å². The number of aryl methyl sites for hydroxylation is 1. The molecule has 0 saturated carbocycles. The van der Waals surface area contributed by atoms with Crippen molar-refractivity contribution in [2.75, 3.05) is 5.73 Å². The maximum absolute atomic E-state index is 12.2. The van der Waals surface area contributed by atoms with E-state index in [1.54, 1.807) is 19.1 Å². The molecule has 0 fully saturated rings. The zero-order valence-electron chi connectivity index (χ0n) is 10.1. The highest BCUT2D eigenvalue weighted by Gasteiger charge is 2.36. The topological polar surface area (TPSA) is 102 Å². The summed E-state index contributed by atoms with van der Waals surface area (Å²) in [6.07, 6.45) is 0. The fourth-order valence-corrected chi connectivity index (χ4v) is 1.99. The number of nitrogens with zero attached hydrogens (tertiary/aromatic N) is 3. The molecule has 19 heavy (non-hydrogen) atoms. The highest BCUT2D eigenvalue weighted by molar-refractivity contribution is 6.21. The summed E-state index contributed by atoms with van der Waals surface area (Å²) in [6.45, 7) is 1.74. The van der Waals surface area contributed by atoms with Gasteiger partial charge < -0.3 is 5.73 Å². The highest BCUT2D eigenvalue weighted by atomic mass is 16.6. The van der Waals surface area contributed by atoms with Crippen LogP contribution in [-0.4, -0.2) is 27.0 Å². The SMILES string of the molecule is Cc1nonc1CN1C(=O)c2ccc(N)cc2C1=O. The molecule has 3 rings (SSSR count). The van der Waals surface area contributed by atoms with Crippen molar-refractivity contribution in [1.82, 2.24) is 15.2 Å². The summed E-state index contributed by atoms with van der Waals surface area (Å²) >= 11 is 0. The maximum Gasteiger partial charge on any atom is 0.261 e. The predicted molar refractivity (Wildman–Crippen MR) is 64.1 cm³/mol. The van der Waals surface area contributed by atoms with Gasteiger partial charge in [0.15, 0.2) is 0 Å². The molecule has 0 bridgehead atoms. The molecule has 1 aromatic heterocycles. The van der Waals surface area contributed by atoms with Crippen LogP contribution in [0.4, 0.5) is 5.69 Å². The van der Waals surface area contributed by atoms with E-state index >= 15 is 0 Å². The molecule has 0 atom stereocenters. The van der Waals surface area contributed by atoms with E-state index in [0.717, 1.165) is 4.90 Å². The molecule has 1 aromatic carbocycles. The van der Waals surface area contributed by atoms with Crippen molar-refractivity contribution in [2.45, 2.75) is 13.5 Å². The number of imide groups is 1. The molecule has 7 heteroatoms. The number of aromatic nitrogens is 2. The third-order valence-electron chi connectivity index (χ3n) is 3.05. The lowest BCUT2D eigenvalue weighted by molar-refractivity contribution is 0.0639. The van der Waals surface area contributed by atoms with Gasteiger partial charge in [-0.25, -0.2) is 4.63 Å². The van der Waals surface area contributed by atoms with Crippen molar-refractivity contribution < 1.29 is 14.2 Å². The summed E-state index contributed by atoms with van der Waals surface area (Å²) in [4.78, 5) is 25.4. The van der Waals surface area contributed by atoms with Crippen LogP contribution in [0, 0.1) is 6.92 Å². The van der Waals surface area contributed by atoms with Crippen molar-refractivity contribution in [3.8, 4) is 0 Å². The van der Waals surface area contributed by atoms with Gasteiger partial charge >= 0.3 is 0 Å². The number of nitrogens with two attached hydrogens (primary N) is 1.